The molecule has 1 aliphatic heterocycles. The number of halogens is 1. The van der Waals surface area contributed by atoms with Crippen LogP contribution in [0.2, 0.25) is 0 Å². The lowest BCUT2D eigenvalue weighted by Gasteiger charge is -2.34. The molecule has 12 heavy (non-hydrogen) atoms. The Labute approximate surface area is 78.7 Å². The second kappa shape index (κ2) is 5.22. The zero-order chi connectivity index (χ0) is 8.27. The van der Waals surface area contributed by atoms with E-state index in [1.54, 1.807) is 4.90 Å². The fourth-order valence-electron chi connectivity index (χ4n) is 1.51. The largest absolute Gasteiger partial charge is 0.394 e. The van der Waals surface area contributed by atoms with E-state index in [-0.39, 0.29) is 31.0 Å². The molecule has 1 heterocycles. The van der Waals surface area contributed by atoms with E-state index in [4.69, 9.17) is 16.2 Å². The molecule has 0 saturated carbocycles. The van der Waals surface area contributed by atoms with Gasteiger partial charge in [-0.15, -0.1) is 12.4 Å². The summed E-state index contributed by atoms with van der Waals surface area (Å²) in [5.41, 5.74) is 5.33. The first-order valence-electron chi connectivity index (χ1n) is 3.97. The average molecular weight is 194 g/mol. The van der Waals surface area contributed by atoms with Crippen LogP contribution >= 0.6 is 12.4 Å². The predicted octanol–water partition coefficient (Wildman–Crippen LogP) is 0.148. The molecule has 4 nitrogen and oxygen atoms in total. The molecule has 5 heteroatoms. The number of guanidine groups is 1. The summed E-state index contributed by atoms with van der Waals surface area (Å²) in [6.07, 6.45) is 3.17. The fraction of sp³-hybridized carbons (Fsp3) is 0.857. The lowest BCUT2D eigenvalue weighted by atomic mass is 10.0. The van der Waals surface area contributed by atoms with Gasteiger partial charge in [0.15, 0.2) is 5.96 Å². The molecule has 0 bridgehead atoms. The predicted molar refractivity (Wildman–Crippen MR) is 50.6 cm³/mol. The molecule has 1 saturated heterocycles. The molecule has 4 N–H and O–H groups in total. The van der Waals surface area contributed by atoms with E-state index in [0.717, 1.165) is 25.8 Å². The van der Waals surface area contributed by atoms with Gasteiger partial charge >= 0.3 is 0 Å². The third kappa shape index (κ3) is 2.53. The SMILES string of the molecule is Cl.N=C(N)N1CCCCC1CO. The molecule has 1 aliphatic rings. The number of nitrogens with two attached hydrogens (primary N) is 1. The zero-order valence-electron chi connectivity index (χ0n) is 6.99. The smallest absolute Gasteiger partial charge is 0.188 e. The molecular formula is C7H16ClN3O. The first-order valence-corrected chi connectivity index (χ1v) is 3.97. The Morgan fingerprint density at radius 2 is 2.25 bits per heavy atom. The van der Waals surface area contributed by atoms with E-state index in [9.17, 15) is 0 Å². The summed E-state index contributed by atoms with van der Waals surface area (Å²) in [5.74, 6) is 0.0868. The highest BCUT2D eigenvalue weighted by molar-refractivity contribution is 5.85. The number of aliphatic hydroxyl groups is 1. The minimum atomic E-state index is 0. The molecular weight excluding hydrogens is 178 g/mol. The van der Waals surface area contributed by atoms with Crippen molar-refractivity contribution in [3.8, 4) is 0 Å². The second-order valence-corrected chi connectivity index (χ2v) is 2.91. The van der Waals surface area contributed by atoms with E-state index in [0.29, 0.717) is 0 Å². The first-order chi connectivity index (χ1) is 5.25. The Balaban J connectivity index is 0.00000121. The minimum Gasteiger partial charge on any atom is -0.394 e. The summed E-state index contributed by atoms with van der Waals surface area (Å²) in [6, 6.07) is 0.0845. The lowest BCUT2D eigenvalue weighted by Crippen LogP contribution is -2.48. The zero-order valence-corrected chi connectivity index (χ0v) is 7.81. The third-order valence-electron chi connectivity index (χ3n) is 2.15. The van der Waals surface area contributed by atoms with Gasteiger partial charge in [-0.3, -0.25) is 5.41 Å². The first kappa shape index (κ1) is 11.5. The van der Waals surface area contributed by atoms with Gasteiger partial charge in [-0.2, -0.15) is 0 Å². The summed E-state index contributed by atoms with van der Waals surface area (Å²) in [4.78, 5) is 1.77. The average Bonchev–Trinajstić information content (AvgIpc) is 2.04. The van der Waals surface area contributed by atoms with Gasteiger partial charge in [-0.25, -0.2) is 0 Å². The van der Waals surface area contributed by atoms with Crippen molar-refractivity contribution in [3.05, 3.63) is 0 Å². The summed E-state index contributed by atoms with van der Waals surface area (Å²) in [7, 11) is 0. The van der Waals surface area contributed by atoms with Crippen molar-refractivity contribution >= 4 is 18.4 Å². The number of likely N-dealkylation sites (tertiary alicyclic amines) is 1. The van der Waals surface area contributed by atoms with Crippen molar-refractivity contribution in [1.82, 2.24) is 4.90 Å². The van der Waals surface area contributed by atoms with E-state index >= 15 is 0 Å². The standard InChI is InChI=1S/C7H15N3O.ClH/c8-7(9)10-4-2-1-3-6(10)5-11;/h6,11H,1-5H2,(H3,8,9);1H. The van der Waals surface area contributed by atoms with Crippen LogP contribution in [0.1, 0.15) is 19.3 Å². The molecule has 0 spiro atoms. The number of nitrogens with one attached hydrogen (secondary N) is 1. The van der Waals surface area contributed by atoms with Crippen LogP contribution in [-0.4, -0.2) is 35.2 Å². The van der Waals surface area contributed by atoms with Gasteiger partial charge in [-0.1, -0.05) is 0 Å². The second-order valence-electron chi connectivity index (χ2n) is 2.91. The summed E-state index contributed by atoms with van der Waals surface area (Å²) in [6.45, 7) is 0.931. The highest BCUT2D eigenvalue weighted by atomic mass is 35.5. The highest BCUT2D eigenvalue weighted by Crippen LogP contribution is 2.15. The maximum atomic E-state index is 8.92. The van der Waals surface area contributed by atoms with E-state index in [1.807, 2.05) is 0 Å². The monoisotopic (exact) mass is 193 g/mol. The van der Waals surface area contributed by atoms with Crippen LogP contribution in [0.4, 0.5) is 0 Å². The molecule has 0 amide bonds. The van der Waals surface area contributed by atoms with E-state index in [2.05, 4.69) is 0 Å². The number of rotatable bonds is 1. The van der Waals surface area contributed by atoms with Gasteiger partial charge in [0.25, 0.3) is 0 Å². The van der Waals surface area contributed by atoms with E-state index in [1.165, 1.54) is 0 Å². The van der Waals surface area contributed by atoms with Crippen LogP contribution in [0, 0.1) is 5.41 Å². The van der Waals surface area contributed by atoms with Crippen LogP contribution in [0.25, 0.3) is 0 Å². The van der Waals surface area contributed by atoms with Crippen LogP contribution in [0.3, 0.4) is 0 Å². The van der Waals surface area contributed by atoms with E-state index < -0.39 is 0 Å². The van der Waals surface area contributed by atoms with Crippen molar-refractivity contribution in [3.63, 3.8) is 0 Å². The topological polar surface area (TPSA) is 73.3 Å². The van der Waals surface area contributed by atoms with Gasteiger partial charge in [0, 0.05) is 6.54 Å². The Bertz CT molecular complexity index is 154. The molecule has 1 fully saturated rings. The molecule has 0 aromatic heterocycles. The number of hydrogen-bond donors (Lipinski definition) is 3. The molecule has 1 unspecified atom stereocenters. The Morgan fingerprint density at radius 3 is 2.67 bits per heavy atom. The molecule has 0 aliphatic carbocycles. The Morgan fingerprint density at radius 1 is 1.58 bits per heavy atom. The van der Waals surface area contributed by atoms with Gasteiger partial charge in [-0.05, 0) is 19.3 Å². The van der Waals surface area contributed by atoms with Gasteiger partial charge in [0.1, 0.15) is 0 Å². The maximum Gasteiger partial charge on any atom is 0.188 e. The van der Waals surface area contributed by atoms with Crippen molar-refractivity contribution in [2.45, 2.75) is 25.3 Å². The van der Waals surface area contributed by atoms with Gasteiger partial charge in [0.05, 0.1) is 12.6 Å². The number of piperidine rings is 1. The minimum absolute atomic E-state index is 0. The summed E-state index contributed by atoms with van der Waals surface area (Å²) in [5, 5.41) is 16.1. The Kier molecular flexibility index (Phi) is 5.01. The quantitative estimate of drug-likeness (QED) is 0.410. The van der Waals surface area contributed by atoms with Gasteiger partial charge in [0.2, 0.25) is 0 Å². The van der Waals surface area contributed by atoms with Crippen molar-refractivity contribution in [2.75, 3.05) is 13.2 Å². The summed E-state index contributed by atoms with van der Waals surface area (Å²) < 4.78 is 0. The molecule has 1 atom stereocenters. The Hall–Kier alpha value is -0.480. The van der Waals surface area contributed by atoms with Crippen LogP contribution < -0.4 is 5.73 Å². The molecule has 1 rings (SSSR count). The summed E-state index contributed by atoms with van der Waals surface area (Å²) >= 11 is 0. The molecule has 0 radical (unpaired) electrons. The van der Waals surface area contributed by atoms with Crippen molar-refractivity contribution in [2.24, 2.45) is 5.73 Å². The van der Waals surface area contributed by atoms with Crippen molar-refractivity contribution in [1.29, 1.82) is 5.41 Å². The van der Waals surface area contributed by atoms with Crippen LogP contribution in [-0.2, 0) is 0 Å². The number of aliphatic hydroxyl groups excluding tert-OH is 1. The number of hydrogen-bond acceptors (Lipinski definition) is 2. The number of nitrogens with zero attached hydrogens (tertiary/aromatic N) is 1. The fourth-order valence-corrected chi connectivity index (χ4v) is 1.51. The molecule has 0 aromatic carbocycles. The van der Waals surface area contributed by atoms with Crippen LogP contribution in [0.5, 0.6) is 0 Å². The lowest BCUT2D eigenvalue weighted by molar-refractivity contribution is 0.145. The molecule has 0 aromatic rings. The highest BCUT2D eigenvalue weighted by Gasteiger charge is 2.21. The normalized spacial score (nSPS) is 23.1. The van der Waals surface area contributed by atoms with Gasteiger partial charge < -0.3 is 15.7 Å². The molecule has 72 valence electrons. The van der Waals surface area contributed by atoms with Crippen LogP contribution in [0.15, 0.2) is 0 Å². The van der Waals surface area contributed by atoms with Crippen molar-refractivity contribution < 1.29 is 5.11 Å². The maximum absolute atomic E-state index is 8.92. The third-order valence-corrected chi connectivity index (χ3v) is 2.15.